The van der Waals surface area contributed by atoms with Crippen LogP contribution in [-0.2, 0) is 19.9 Å². The summed E-state index contributed by atoms with van der Waals surface area (Å²) in [7, 11) is -5.53. The van der Waals surface area contributed by atoms with Gasteiger partial charge < -0.3 is 4.74 Å². The van der Waals surface area contributed by atoms with Gasteiger partial charge in [0.15, 0.2) is 9.84 Å². The molecule has 2 aromatic carbocycles. The average molecular weight is 412 g/mol. The maximum Gasteiger partial charge on any atom is 0.241 e. The summed E-state index contributed by atoms with van der Waals surface area (Å²) in [4.78, 5) is 0.431. The van der Waals surface area contributed by atoms with Crippen molar-refractivity contribution in [3.05, 3.63) is 53.1 Å². The Balaban J connectivity index is 2.38. The minimum Gasteiger partial charge on any atom is -0.497 e. The number of nitrogens with one attached hydrogen (secondary N) is 1. The number of hydrogen-bond acceptors (Lipinski definition) is 5. The Morgan fingerprint density at radius 1 is 1.00 bits per heavy atom. The Morgan fingerprint density at radius 2 is 1.52 bits per heavy atom. The molecule has 0 aliphatic heterocycles. The van der Waals surface area contributed by atoms with Gasteiger partial charge in [-0.3, -0.25) is 0 Å². The van der Waals surface area contributed by atoms with Gasteiger partial charge in [-0.2, -0.15) is 0 Å². The van der Waals surface area contributed by atoms with Crippen LogP contribution in [0.25, 0.3) is 0 Å². The molecule has 0 radical (unpaired) electrons. The molecule has 6 nitrogen and oxygen atoms in total. The van der Waals surface area contributed by atoms with E-state index < -0.39 is 25.9 Å². The minimum atomic E-state index is -3.77. The number of rotatable bonds is 7. The molecule has 0 saturated carbocycles. The van der Waals surface area contributed by atoms with Crippen molar-refractivity contribution in [2.24, 2.45) is 0 Å². The van der Waals surface area contributed by atoms with E-state index in [9.17, 15) is 16.8 Å². The third-order valence-electron chi connectivity index (χ3n) is 4.35. The molecule has 0 aliphatic rings. The van der Waals surface area contributed by atoms with Crippen molar-refractivity contribution in [2.45, 2.75) is 43.0 Å². The number of hydrogen-bond donors (Lipinski definition) is 1. The number of methoxy groups -OCH3 is 1. The van der Waals surface area contributed by atoms with E-state index in [4.69, 9.17) is 4.74 Å². The van der Waals surface area contributed by atoms with Crippen molar-refractivity contribution >= 4 is 19.9 Å². The Morgan fingerprint density at radius 3 is 1.93 bits per heavy atom. The van der Waals surface area contributed by atoms with Crippen molar-refractivity contribution < 1.29 is 21.6 Å². The summed E-state index contributed by atoms with van der Waals surface area (Å²) in [5.74, 6) is 0.604. The van der Waals surface area contributed by atoms with E-state index in [1.54, 1.807) is 38.1 Å². The van der Waals surface area contributed by atoms with Crippen LogP contribution in [-0.4, -0.2) is 30.2 Å². The molecule has 0 saturated heterocycles. The van der Waals surface area contributed by atoms with E-state index in [-0.39, 0.29) is 9.79 Å². The monoisotopic (exact) mass is 411 g/mol. The number of sulfonamides is 1. The SMILES string of the molecule is CC[C@@H](NS(=O)(=O)c1c(C)cc(OC)cc1C)c1ccc(S(C)(=O)=O)cc1. The molecule has 0 aliphatic carbocycles. The van der Waals surface area contributed by atoms with E-state index >= 15 is 0 Å². The molecular weight excluding hydrogens is 386 g/mol. The first-order valence-electron chi connectivity index (χ1n) is 8.47. The lowest BCUT2D eigenvalue weighted by atomic mass is 10.1. The van der Waals surface area contributed by atoms with Gasteiger partial charge in [-0.05, 0) is 61.2 Å². The van der Waals surface area contributed by atoms with Crippen molar-refractivity contribution in [1.29, 1.82) is 0 Å². The largest absolute Gasteiger partial charge is 0.497 e. The van der Waals surface area contributed by atoms with E-state index in [1.807, 2.05) is 6.92 Å². The summed E-state index contributed by atoms with van der Waals surface area (Å²) < 4.78 is 57.1. The third kappa shape index (κ3) is 4.88. The van der Waals surface area contributed by atoms with Crippen LogP contribution in [0.5, 0.6) is 5.75 Å². The lowest BCUT2D eigenvalue weighted by Crippen LogP contribution is -2.29. The van der Waals surface area contributed by atoms with Crippen molar-refractivity contribution in [3.8, 4) is 5.75 Å². The Bertz CT molecular complexity index is 1000. The molecule has 1 N–H and O–H groups in total. The summed E-state index contributed by atoms with van der Waals surface area (Å²) in [6.45, 7) is 5.32. The predicted octanol–water partition coefficient (Wildman–Crippen LogP) is 3.15. The highest BCUT2D eigenvalue weighted by molar-refractivity contribution is 7.90. The van der Waals surface area contributed by atoms with Gasteiger partial charge in [-0.15, -0.1) is 0 Å². The summed E-state index contributed by atoms with van der Waals surface area (Å²) in [6.07, 6.45) is 1.66. The first-order chi connectivity index (χ1) is 12.5. The quantitative estimate of drug-likeness (QED) is 0.756. The maximum atomic E-state index is 13.0. The summed E-state index contributed by atoms with van der Waals surface area (Å²) in [5, 5.41) is 0. The first-order valence-corrected chi connectivity index (χ1v) is 11.8. The lowest BCUT2D eigenvalue weighted by Gasteiger charge is -2.20. The smallest absolute Gasteiger partial charge is 0.241 e. The van der Waals surface area contributed by atoms with Crippen LogP contribution >= 0.6 is 0 Å². The molecule has 8 heteroatoms. The van der Waals surface area contributed by atoms with Crippen LogP contribution < -0.4 is 9.46 Å². The van der Waals surface area contributed by atoms with Gasteiger partial charge in [0.2, 0.25) is 10.0 Å². The molecule has 2 rings (SSSR count). The molecule has 0 spiro atoms. The summed E-state index contributed by atoms with van der Waals surface area (Å²) >= 11 is 0. The van der Waals surface area contributed by atoms with Gasteiger partial charge in [0.05, 0.1) is 16.9 Å². The molecule has 2 aromatic rings. The molecule has 27 heavy (non-hydrogen) atoms. The van der Waals surface area contributed by atoms with Crippen LogP contribution in [0, 0.1) is 13.8 Å². The van der Waals surface area contributed by atoms with Crippen molar-refractivity contribution in [3.63, 3.8) is 0 Å². The van der Waals surface area contributed by atoms with E-state index in [1.165, 1.54) is 19.2 Å². The third-order valence-corrected chi connectivity index (χ3v) is 7.26. The molecule has 148 valence electrons. The van der Waals surface area contributed by atoms with Gasteiger partial charge in [0.25, 0.3) is 0 Å². The Labute approximate surface area is 161 Å². The highest BCUT2D eigenvalue weighted by Crippen LogP contribution is 2.28. The number of aryl methyl sites for hydroxylation is 2. The number of ether oxygens (including phenoxy) is 1. The average Bonchev–Trinajstić information content (AvgIpc) is 2.58. The molecular formula is C19H25NO5S2. The zero-order valence-corrected chi connectivity index (χ0v) is 17.7. The van der Waals surface area contributed by atoms with Gasteiger partial charge >= 0.3 is 0 Å². The molecule has 1 atom stereocenters. The highest BCUT2D eigenvalue weighted by Gasteiger charge is 2.24. The predicted molar refractivity (Wildman–Crippen MR) is 105 cm³/mol. The highest BCUT2D eigenvalue weighted by atomic mass is 32.2. The zero-order valence-electron chi connectivity index (χ0n) is 16.1. The van der Waals surface area contributed by atoms with Crippen LogP contribution in [0.3, 0.4) is 0 Å². The van der Waals surface area contributed by atoms with Crippen LogP contribution in [0.2, 0.25) is 0 Å². The van der Waals surface area contributed by atoms with Crippen molar-refractivity contribution in [1.82, 2.24) is 4.72 Å². The van der Waals surface area contributed by atoms with Crippen molar-refractivity contribution in [2.75, 3.05) is 13.4 Å². The molecule has 0 aromatic heterocycles. The van der Waals surface area contributed by atoms with Crippen LogP contribution in [0.15, 0.2) is 46.2 Å². The minimum absolute atomic E-state index is 0.200. The Hall–Kier alpha value is -1.90. The first kappa shape index (κ1) is 21.4. The molecule has 0 fully saturated rings. The normalized spacial score (nSPS) is 13.4. The van der Waals surface area contributed by atoms with Gasteiger partial charge in [0.1, 0.15) is 5.75 Å². The Kier molecular flexibility index (Phi) is 6.34. The topological polar surface area (TPSA) is 89.5 Å². The van der Waals surface area contributed by atoms with Crippen LogP contribution in [0.1, 0.15) is 36.1 Å². The second-order valence-corrected chi connectivity index (χ2v) is 10.2. The summed E-state index contributed by atoms with van der Waals surface area (Å²) in [5.41, 5.74) is 1.90. The standard InChI is InChI=1S/C19H25NO5S2/c1-6-18(15-7-9-17(10-8-15)26(5,21)22)20-27(23,24)19-13(2)11-16(25-4)12-14(19)3/h7-12,18,20H,6H2,1-5H3/t18-/m1/s1. The fourth-order valence-electron chi connectivity index (χ4n) is 3.03. The van der Waals surface area contributed by atoms with Gasteiger partial charge in [-0.1, -0.05) is 19.1 Å². The number of benzene rings is 2. The molecule has 0 bridgehead atoms. The second-order valence-electron chi connectivity index (χ2n) is 6.51. The van der Waals surface area contributed by atoms with E-state index in [0.717, 1.165) is 6.26 Å². The fourth-order valence-corrected chi connectivity index (χ4v) is 5.42. The summed E-state index contributed by atoms with van der Waals surface area (Å²) in [6, 6.07) is 9.16. The molecule has 0 heterocycles. The fraction of sp³-hybridized carbons (Fsp3) is 0.368. The maximum absolute atomic E-state index is 13.0. The van der Waals surface area contributed by atoms with Gasteiger partial charge in [-0.25, -0.2) is 21.6 Å². The van der Waals surface area contributed by atoms with Crippen LogP contribution in [0.4, 0.5) is 0 Å². The zero-order chi connectivity index (χ0) is 20.4. The number of sulfone groups is 1. The second kappa shape index (κ2) is 8.00. The molecule has 0 unspecified atom stereocenters. The van der Waals surface area contributed by atoms with E-state index in [0.29, 0.717) is 28.9 Å². The van der Waals surface area contributed by atoms with E-state index in [2.05, 4.69) is 4.72 Å². The van der Waals surface area contributed by atoms with Gasteiger partial charge in [0, 0.05) is 12.3 Å². The lowest BCUT2D eigenvalue weighted by molar-refractivity contribution is 0.413. The molecule has 0 amide bonds.